The van der Waals surface area contributed by atoms with E-state index in [4.69, 9.17) is 49.5 Å². The second-order valence-corrected chi connectivity index (χ2v) is 71.1. The predicted octanol–water partition coefficient (Wildman–Crippen LogP) is 16.5. The van der Waals surface area contributed by atoms with Crippen LogP contribution in [0.2, 0.25) is 103 Å². The van der Waals surface area contributed by atoms with Crippen LogP contribution in [0.3, 0.4) is 0 Å². The molecule has 34 nitrogen and oxygen atoms in total. The van der Waals surface area contributed by atoms with Gasteiger partial charge in [-0.25, -0.2) is 34.7 Å². The first-order valence-corrected chi connectivity index (χ1v) is 62.2. The van der Waals surface area contributed by atoms with Gasteiger partial charge in [0.1, 0.15) is 47.4 Å². The molecule has 0 aliphatic carbocycles. The Morgan fingerprint density at radius 2 is 1.01 bits per heavy atom. The number of aromatic amines is 1. The molecule has 0 saturated carbocycles. The number of fused-ring (bicyclic) bond motifs is 2. The smallest absolute Gasteiger partial charge is 0.522 e. The number of imidazole rings is 2. The number of nitrogens with one attached hydrogen (secondary N) is 4. The molecule has 0 spiro atoms. The van der Waals surface area contributed by atoms with E-state index in [1.807, 2.05) is 54.9 Å². The van der Waals surface area contributed by atoms with E-state index in [1.165, 1.54) is 50.1 Å². The molecule has 6 fully saturated rings. The first-order valence-electron chi connectivity index (χ1n) is 42.7. The van der Waals surface area contributed by atoms with Crippen molar-refractivity contribution < 1.29 is 89.4 Å². The van der Waals surface area contributed by atoms with Crippen molar-refractivity contribution in [2.45, 2.75) is 296 Å². The number of carbonyl (C=O) groups excluding carboxylic acids is 3. The second kappa shape index (κ2) is 41.0. The number of alkyl halides is 3. The van der Waals surface area contributed by atoms with Crippen molar-refractivity contribution in [3.05, 3.63) is 119 Å². The van der Waals surface area contributed by atoms with E-state index in [2.05, 4.69) is 214 Å². The maximum Gasteiger partial charge on any atom is 0.522 e. The van der Waals surface area contributed by atoms with E-state index in [0.29, 0.717) is 70.4 Å². The highest BCUT2D eigenvalue weighted by Crippen LogP contribution is 2.56. The molecule has 7 aromatic rings. The summed E-state index contributed by atoms with van der Waals surface area (Å²) in [5, 5.41) is 11.8. The molecule has 2 unspecified atom stereocenters. The lowest BCUT2D eigenvalue weighted by Crippen LogP contribution is -2.71. The molecule has 5 aromatic heterocycles. The minimum Gasteiger partial charge on any atom is -0.535 e. The fourth-order valence-corrected chi connectivity index (χ4v) is 44.2. The summed E-state index contributed by atoms with van der Waals surface area (Å²) in [7, 11) is -18.5. The van der Waals surface area contributed by atoms with Gasteiger partial charge in [-0.05, 0) is 134 Å². The summed E-state index contributed by atoms with van der Waals surface area (Å²) >= 11 is 0. The number of ether oxygens (including phenoxy) is 2. The Morgan fingerprint density at radius 3 is 1.41 bits per heavy atom. The van der Waals surface area contributed by atoms with Crippen LogP contribution in [0, 0.1) is 6.92 Å². The summed E-state index contributed by atoms with van der Waals surface area (Å²) in [5.41, 5.74) is -2.29. The number of halogens is 3. The van der Waals surface area contributed by atoms with Gasteiger partial charge in [-0.3, -0.25) is 37.9 Å². The molecule has 6 aliphatic rings. The van der Waals surface area contributed by atoms with Crippen LogP contribution in [0.5, 0.6) is 0 Å². The fourth-order valence-electron chi connectivity index (χ4n) is 16.6. The van der Waals surface area contributed by atoms with Gasteiger partial charge in [0.25, 0.3) is 11.8 Å². The topological polar surface area (TPSA) is 384 Å². The monoisotopic (exact) mass is 1920 g/mol. The number of nitrogens with zero attached hydrogens (tertiary/aromatic N) is 12. The zero-order valence-electron chi connectivity index (χ0n) is 78.3. The number of aryl methyl sites for hydroxylation is 1. The van der Waals surface area contributed by atoms with Crippen molar-refractivity contribution in [2.24, 2.45) is 4.66 Å². The van der Waals surface area contributed by atoms with Gasteiger partial charge in [0.15, 0.2) is 67.2 Å². The molecule has 8 atom stereocenters. The number of anilines is 3. The lowest BCUT2D eigenvalue weighted by molar-refractivity contribution is -0.257. The molecule has 2 aromatic carbocycles. The maximum atomic E-state index is 13.3. The highest BCUT2D eigenvalue weighted by molar-refractivity contribution is 7.88. The Balaban J connectivity index is 0.000000218. The molecule has 0 radical (unpaired) electrons. The highest BCUT2D eigenvalue weighted by atomic mass is 32.2. The summed E-state index contributed by atoms with van der Waals surface area (Å²) < 4.78 is 131. The number of rotatable bonds is 19. The normalized spacial score (nSPS) is 23.6. The van der Waals surface area contributed by atoms with Gasteiger partial charge in [0, 0.05) is 50.8 Å². The summed E-state index contributed by atoms with van der Waals surface area (Å²) in [6.45, 7) is 59.0. The van der Waals surface area contributed by atoms with Crippen molar-refractivity contribution in [1.82, 2.24) is 59.1 Å². The molecule has 6 saturated heterocycles. The molecule has 4 N–H and O–H groups in total. The Bertz CT molecular complexity index is 5090. The lowest BCUT2D eigenvalue weighted by Gasteiger charge is -2.55. The third-order valence-electron chi connectivity index (χ3n) is 22.0. The maximum absolute atomic E-state index is 13.3. The van der Waals surface area contributed by atoms with Crippen molar-refractivity contribution in [3.8, 4) is 0 Å². The average molecular weight is 1920 g/mol. The number of hydroxylamine groups is 4. The van der Waals surface area contributed by atoms with Gasteiger partial charge in [0.2, 0.25) is 22.5 Å². The summed E-state index contributed by atoms with van der Waals surface area (Å²) in [6, 6.07) is 17.9. The standard InChI is InChI=1S/C31H46N6O6Si2.C26H46N4O7Si2.C12H9N5O.C8H21NOSi2.C4H9F3O3SSi.CH4/c1-19(2)44(20(3)4)39-16-31-15-36(9)41-25(26(31)42-45(43-44,21(5)6)22(7)8)30(40-31)37-18-34-24-27(32-17-33-28(24)37)35-29(38)23-13-11-10-12-14-23;1-15(2)38(16(3)4)33-14-26-13-29(11)35-21(22(26)36-39(37-38,17(5)6)18(7)8)24(34-26)30-12-19(9)23(27-20(10)31)28-25(30)32;18-12(8-4-2-1-3-5-8)17-11-9-10(14-6-13-9)15-7-16-11;1-8(9-11(2,3)4)10-12(5,6)7;1-12(2,3)10-11(8,9)4(5,6)7;/h10-14,17-22,25-26,30H,15-16H2,1-9H3,(H,32,33,35,38);12,15-18,21-22,24H,13-14H2,1-11H3,(H,27,28,31,32);1-7H,(H2,13,14,15,16,17,18);1-7H3;1-3H3;1H4/t25?,26-,30-,31-;21?,22-,24-,26-;;;;/m11..../s1. The minimum absolute atomic E-state index is 0. The Labute approximate surface area is 752 Å². The summed E-state index contributed by atoms with van der Waals surface area (Å²) in [4.78, 5) is 95.3. The van der Waals surface area contributed by atoms with Crippen LogP contribution >= 0.6 is 0 Å². The summed E-state index contributed by atoms with van der Waals surface area (Å²) in [6.07, 6.45) is 4.10. The highest BCUT2D eigenvalue weighted by Gasteiger charge is 2.71. The van der Waals surface area contributed by atoms with E-state index in [0.717, 1.165) is 5.90 Å². The molecule has 127 heavy (non-hydrogen) atoms. The van der Waals surface area contributed by atoms with Crippen molar-refractivity contribution in [2.75, 3.05) is 56.3 Å². The molecule has 11 heterocycles. The molecule has 13 rings (SSSR count). The number of likely N-dealkylation sites (N-methyl/N-ethyl adjacent to an activating group) is 2. The summed E-state index contributed by atoms with van der Waals surface area (Å²) in [5.74, 6) is 1.06. The van der Waals surface area contributed by atoms with E-state index < -0.39 is 129 Å². The zero-order chi connectivity index (χ0) is 94.0. The number of hydrogen-bond acceptors (Lipinski definition) is 28. The number of carbonyl (C=O) groups is 3. The molecule has 45 heteroatoms. The van der Waals surface area contributed by atoms with E-state index in [1.54, 1.807) is 60.9 Å². The first kappa shape index (κ1) is 105. The number of aromatic nitrogens is 10. The van der Waals surface area contributed by atoms with E-state index in [9.17, 15) is 40.8 Å². The third-order valence-corrected chi connectivity index (χ3v) is 47.7. The van der Waals surface area contributed by atoms with Gasteiger partial charge in [-0.2, -0.15) is 36.7 Å². The molecular formula is C82H135F3N16O18SSi7. The molecular weight excluding hydrogens is 1780 g/mol. The number of H-pyrrole nitrogens is 1. The molecule has 4 bridgehead atoms. The van der Waals surface area contributed by atoms with Crippen LogP contribution in [0.1, 0.15) is 171 Å². The van der Waals surface area contributed by atoms with Crippen LogP contribution in [-0.2, 0) is 68.3 Å². The van der Waals surface area contributed by atoms with Gasteiger partial charge in [-0.1, -0.05) is 155 Å². The molecule has 3 amide bonds. The van der Waals surface area contributed by atoms with Crippen LogP contribution < -0.4 is 21.6 Å². The average Bonchev–Trinajstić information content (AvgIpc) is 1.56. The quantitative estimate of drug-likeness (QED) is 0.0253. The van der Waals surface area contributed by atoms with Crippen molar-refractivity contribution >= 4 is 133 Å². The Morgan fingerprint density at radius 1 is 0.583 bits per heavy atom. The van der Waals surface area contributed by atoms with Gasteiger partial charge in [0.05, 0.1) is 39.0 Å². The number of hydrogen-bond donors (Lipinski definition) is 4. The predicted molar refractivity (Wildman–Crippen MR) is 499 cm³/mol. The van der Waals surface area contributed by atoms with Crippen molar-refractivity contribution in [1.29, 1.82) is 0 Å². The van der Waals surface area contributed by atoms with Gasteiger partial charge >= 0.3 is 55.6 Å². The largest absolute Gasteiger partial charge is 0.535 e. The van der Waals surface area contributed by atoms with Crippen LogP contribution in [0.25, 0.3) is 22.3 Å². The first-order chi connectivity index (χ1) is 58.3. The zero-order valence-corrected chi connectivity index (χ0v) is 86.1. The number of benzene rings is 2. The minimum atomic E-state index is -5.39. The Kier molecular flexibility index (Phi) is 34.1. The van der Waals surface area contributed by atoms with Gasteiger partial charge in [-0.15, -0.1) is 0 Å². The third kappa shape index (κ3) is 23.9. The van der Waals surface area contributed by atoms with E-state index in [-0.39, 0.29) is 81.9 Å². The fraction of sp³-hybridized carbons (Fsp3) is 0.634. The van der Waals surface area contributed by atoms with Gasteiger partial charge < -0.3 is 64.6 Å². The van der Waals surface area contributed by atoms with Crippen molar-refractivity contribution in [3.63, 3.8) is 0 Å². The van der Waals surface area contributed by atoms with Crippen LogP contribution in [0.4, 0.5) is 30.6 Å². The second-order valence-electron chi connectivity index (χ2n) is 38.1. The number of amides is 3. The Hall–Kier alpha value is -6.96. The SMILES string of the molecule is C.CC(=N[Si](C)(C)C)O[Si](C)(C)C.CC(=O)Nc1nc(=O)n([C@@H]2O[C@]34CO[Si](C(C)C)(C(C)C)O[Si](C(C)C)(C(C)C)O[C@@H]3C2ON(C)C4)cc1C.CC(C)[Si]1(C(C)C)OC[C@@]23CN(C)OC([C@H](n4cnc5c(NC(=O)c6ccccc6)ncnc54)O2)[C@H]3O[Si](C(C)C)(C(C)C)O1.C[Si](C)(C)OS(=O)(=O)C(F)(F)F.O=C(Nc1ncnc2nc[nH]c12)c1ccccc1. The van der Waals surface area contributed by atoms with Crippen LogP contribution in [-0.4, -0.2) is 232 Å². The van der Waals surface area contributed by atoms with Crippen LogP contribution in [0.15, 0.2) is 102 Å². The van der Waals surface area contributed by atoms with E-state index >= 15 is 0 Å². The lowest BCUT2D eigenvalue weighted by atomic mass is 9.94. The molecule has 706 valence electrons. The molecule has 6 aliphatic heterocycles.